The summed E-state index contributed by atoms with van der Waals surface area (Å²) in [5, 5.41) is 4.17. The molecule has 3 heterocycles. The van der Waals surface area contributed by atoms with Crippen LogP contribution in [0, 0.1) is 23.7 Å². The molecule has 0 bridgehead atoms. The van der Waals surface area contributed by atoms with Gasteiger partial charge in [0.05, 0.1) is 49.8 Å². The number of azide groups is 1. The zero-order valence-electron chi connectivity index (χ0n) is 31.5. The van der Waals surface area contributed by atoms with Gasteiger partial charge in [0.15, 0.2) is 18.9 Å². The fourth-order valence-corrected chi connectivity index (χ4v) is 7.49. The second kappa shape index (κ2) is 18.8. The molecular weight excluding hydrogens is 670 g/mol. The summed E-state index contributed by atoms with van der Waals surface area (Å²) in [4.78, 5) is 15.2. The zero-order chi connectivity index (χ0) is 37.4. The monoisotopic (exact) mass is 725 g/mol. The molecule has 2 aromatic rings. The molecule has 0 spiro atoms. The molecule has 7 unspecified atom stereocenters. The minimum absolute atomic E-state index is 0.0982. The van der Waals surface area contributed by atoms with E-state index in [-0.39, 0.29) is 36.6 Å². The lowest BCUT2D eigenvalue weighted by Crippen LogP contribution is -2.62. The van der Waals surface area contributed by atoms with Gasteiger partial charge in [-0.05, 0) is 36.4 Å². The fraction of sp³-hybridized carbons (Fsp3) is 0.667. The smallest absolute Gasteiger partial charge is 0.302 e. The number of rotatable bonds is 14. The highest BCUT2D eigenvalue weighted by Crippen LogP contribution is 2.40. The molecule has 286 valence electrons. The summed E-state index contributed by atoms with van der Waals surface area (Å²) in [6, 6.07) is 19.1. The van der Waals surface area contributed by atoms with Crippen LogP contribution in [0.2, 0.25) is 0 Å². The van der Waals surface area contributed by atoms with Crippen LogP contribution in [0.5, 0.6) is 0 Å². The van der Waals surface area contributed by atoms with Crippen LogP contribution in [-0.4, -0.2) is 87.3 Å². The Morgan fingerprint density at radius 2 is 1.25 bits per heavy atom. The molecule has 0 saturated carbocycles. The van der Waals surface area contributed by atoms with Gasteiger partial charge in [-0.15, -0.1) is 0 Å². The van der Waals surface area contributed by atoms with Crippen LogP contribution in [0.1, 0.15) is 59.6 Å². The molecule has 0 amide bonds. The van der Waals surface area contributed by atoms with Crippen molar-refractivity contribution >= 4 is 5.97 Å². The topological polar surface area (TPSA) is 149 Å². The van der Waals surface area contributed by atoms with E-state index in [1.807, 2.05) is 95.3 Å². The van der Waals surface area contributed by atoms with E-state index in [0.717, 1.165) is 11.1 Å². The molecule has 0 N–H and O–H groups in total. The van der Waals surface area contributed by atoms with Gasteiger partial charge in [0.1, 0.15) is 18.8 Å². The molecule has 0 radical (unpaired) electrons. The van der Waals surface area contributed by atoms with Gasteiger partial charge >= 0.3 is 5.97 Å². The molecule has 3 aliphatic heterocycles. The van der Waals surface area contributed by atoms with Gasteiger partial charge < -0.3 is 42.6 Å². The third-order valence-corrected chi connectivity index (χ3v) is 10.7. The molecule has 15 atom stereocenters. The van der Waals surface area contributed by atoms with E-state index in [0.29, 0.717) is 13.2 Å². The lowest BCUT2D eigenvalue weighted by molar-refractivity contribution is -0.349. The van der Waals surface area contributed by atoms with E-state index >= 15 is 0 Å². The summed E-state index contributed by atoms with van der Waals surface area (Å²) in [5.74, 6) is -1.20. The maximum Gasteiger partial charge on any atom is 0.302 e. The van der Waals surface area contributed by atoms with Crippen LogP contribution < -0.4 is 0 Å². The van der Waals surface area contributed by atoms with Gasteiger partial charge in [-0.25, -0.2) is 0 Å². The van der Waals surface area contributed by atoms with Crippen molar-refractivity contribution in [1.82, 2.24) is 0 Å². The normalized spacial score (nSPS) is 37.9. The molecule has 3 fully saturated rings. The van der Waals surface area contributed by atoms with Gasteiger partial charge in [-0.2, -0.15) is 0 Å². The van der Waals surface area contributed by atoms with Crippen molar-refractivity contribution in [2.75, 3.05) is 13.7 Å². The van der Waals surface area contributed by atoms with Crippen molar-refractivity contribution in [3.63, 3.8) is 0 Å². The van der Waals surface area contributed by atoms with Gasteiger partial charge in [0, 0.05) is 36.7 Å². The molecule has 5 rings (SSSR count). The molecule has 3 aliphatic rings. The van der Waals surface area contributed by atoms with Crippen molar-refractivity contribution in [3.05, 3.63) is 82.2 Å². The summed E-state index contributed by atoms with van der Waals surface area (Å²) in [6.45, 7) is 14.0. The van der Waals surface area contributed by atoms with Crippen molar-refractivity contribution in [2.24, 2.45) is 28.8 Å². The SMILES string of the molecule is CO[C@@H]1OC(C)C(O[C@H]2OC(COC(C)=O)[C@@H](O[C@@H]3OC(C)[C@@H](C)[C@@H](OCc4ccccc4)C3C)[C@H](C)C2N=[N+]=[N-])[C@@H](OCc2ccccc2)C1C. The van der Waals surface area contributed by atoms with Crippen LogP contribution in [0.25, 0.3) is 10.4 Å². The average molecular weight is 726 g/mol. The van der Waals surface area contributed by atoms with Crippen molar-refractivity contribution in [3.8, 4) is 0 Å². The Morgan fingerprint density at radius 1 is 0.692 bits per heavy atom. The first-order valence-corrected chi connectivity index (χ1v) is 18.3. The van der Waals surface area contributed by atoms with E-state index in [4.69, 9.17) is 42.6 Å². The first-order chi connectivity index (χ1) is 25.0. The number of methoxy groups -OCH3 is 1. The molecule has 2 aromatic carbocycles. The molecular formula is C39H55N3O10. The standard InChI is InChI=1S/C39H55N3O10/c1-22-26(5)48-38(24(3)33(22)46-19-29-15-11-9-12-16-29)51-34-23(2)32(41-42-40)39(50-31(34)21-45-28(7)43)52-36-27(6)49-37(44-8)25(4)35(36)47-20-30-17-13-10-14-18-30/h9-18,22-27,31-39H,19-21H2,1-8H3/t22-,23-,24?,25?,26?,27?,31?,32?,33-,34+,35+,36?,37-,38+,39-/m1/s1. The van der Waals surface area contributed by atoms with Crippen LogP contribution in [0.3, 0.4) is 0 Å². The number of carbonyl (C=O) groups is 1. The van der Waals surface area contributed by atoms with Gasteiger partial charge in [-0.1, -0.05) is 93.5 Å². The van der Waals surface area contributed by atoms with E-state index in [9.17, 15) is 10.3 Å². The fourth-order valence-electron chi connectivity index (χ4n) is 7.49. The summed E-state index contributed by atoms with van der Waals surface area (Å²) < 4.78 is 56.9. The highest BCUT2D eigenvalue weighted by atomic mass is 16.7. The maximum absolute atomic E-state index is 12.1. The third kappa shape index (κ3) is 9.71. The highest BCUT2D eigenvalue weighted by molar-refractivity contribution is 5.65. The van der Waals surface area contributed by atoms with Crippen LogP contribution in [-0.2, 0) is 60.6 Å². The first-order valence-electron chi connectivity index (χ1n) is 18.3. The summed E-state index contributed by atoms with van der Waals surface area (Å²) in [7, 11) is 1.60. The zero-order valence-corrected chi connectivity index (χ0v) is 31.5. The molecule has 0 aliphatic carbocycles. The largest absolute Gasteiger partial charge is 0.463 e. The second-order valence-corrected chi connectivity index (χ2v) is 14.4. The van der Waals surface area contributed by atoms with Crippen LogP contribution in [0.15, 0.2) is 65.8 Å². The number of benzene rings is 2. The molecule has 52 heavy (non-hydrogen) atoms. The van der Waals surface area contributed by atoms with E-state index in [2.05, 4.69) is 16.9 Å². The molecule has 13 heteroatoms. The Kier molecular flexibility index (Phi) is 14.5. The lowest BCUT2D eigenvalue weighted by Gasteiger charge is -2.50. The van der Waals surface area contributed by atoms with Crippen molar-refractivity contribution in [1.29, 1.82) is 0 Å². The summed E-state index contributed by atoms with van der Waals surface area (Å²) in [5.41, 5.74) is 11.8. The Hall–Kier alpha value is -3.10. The molecule has 0 aromatic heterocycles. The number of ether oxygens (including phenoxy) is 9. The third-order valence-electron chi connectivity index (χ3n) is 10.7. The van der Waals surface area contributed by atoms with Gasteiger partial charge in [0.2, 0.25) is 0 Å². The van der Waals surface area contributed by atoms with E-state index in [1.54, 1.807) is 7.11 Å². The maximum atomic E-state index is 12.1. The Bertz CT molecular complexity index is 1450. The van der Waals surface area contributed by atoms with Crippen molar-refractivity contribution < 1.29 is 47.4 Å². The number of esters is 1. The number of hydrogen-bond acceptors (Lipinski definition) is 11. The van der Waals surface area contributed by atoms with Crippen molar-refractivity contribution in [2.45, 2.75) is 129 Å². The highest BCUT2D eigenvalue weighted by Gasteiger charge is 2.52. The van der Waals surface area contributed by atoms with E-state index < -0.39 is 67.3 Å². The number of nitrogens with zero attached hydrogens (tertiary/aromatic N) is 3. The Balaban J connectivity index is 1.37. The van der Waals surface area contributed by atoms with Gasteiger partial charge in [0.25, 0.3) is 0 Å². The Labute approximate surface area is 307 Å². The van der Waals surface area contributed by atoms with Gasteiger partial charge in [-0.3, -0.25) is 4.79 Å². The van der Waals surface area contributed by atoms with E-state index in [1.165, 1.54) is 6.92 Å². The summed E-state index contributed by atoms with van der Waals surface area (Å²) >= 11 is 0. The second-order valence-electron chi connectivity index (χ2n) is 14.4. The quantitative estimate of drug-likeness (QED) is 0.0906. The average Bonchev–Trinajstić information content (AvgIpc) is 3.14. The minimum atomic E-state index is -1.04. The predicted molar refractivity (Wildman–Crippen MR) is 190 cm³/mol. The lowest BCUT2D eigenvalue weighted by atomic mass is 9.85. The molecule has 13 nitrogen and oxygen atoms in total. The number of carbonyl (C=O) groups excluding carboxylic acids is 1. The number of hydrogen-bond donors (Lipinski definition) is 0. The first kappa shape index (κ1) is 40.1. The minimum Gasteiger partial charge on any atom is -0.463 e. The predicted octanol–water partition coefficient (Wildman–Crippen LogP) is 6.57. The Morgan fingerprint density at radius 3 is 1.83 bits per heavy atom. The molecule has 3 saturated heterocycles. The summed E-state index contributed by atoms with van der Waals surface area (Å²) in [6.07, 6.45) is -5.61. The van der Waals surface area contributed by atoms with Crippen LogP contribution in [0.4, 0.5) is 0 Å². The van der Waals surface area contributed by atoms with Crippen LogP contribution >= 0.6 is 0 Å².